The quantitative estimate of drug-likeness (QED) is 0.907. The molecule has 0 radical (unpaired) electrons. The largest absolute Gasteiger partial charge is 0.354 e. The van der Waals surface area contributed by atoms with Crippen LogP contribution >= 0.6 is 11.3 Å². The second-order valence-corrected chi connectivity index (χ2v) is 7.80. The molecule has 5 nitrogen and oxygen atoms in total. The van der Waals surface area contributed by atoms with Gasteiger partial charge in [0.1, 0.15) is 6.04 Å². The summed E-state index contributed by atoms with van der Waals surface area (Å²) in [5.74, 6) is 0.0965. The van der Waals surface area contributed by atoms with E-state index in [4.69, 9.17) is 0 Å². The molecule has 0 saturated heterocycles. The molecule has 2 aromatic rings. The average molecular weight is 344 g/mol. The zero-order chi connectivity index (χ0) is 16.4. The monoisotopic (exact) mass is 344 g/mol. The highest BCUT2D eigenvalue weighted by molar-refractivity contribution is 7.09. The molecule has 1 aliphatic carbocycles. The first-order valence-electron chi connectivity index (χ1n) is 8.88. The van der Waals surface area contributed by atoms with Crippen molar-refractivity contribution in [3.05, 3.63) is 40.3 Å². The molecule has 2 aliphatic rings. The van der Waals surface area contributed by atoms with Crippen molar-refractivity contribution in [3.8, 4) is 0 Å². The van der Waals surface area contributed by atoms with Crippen molar-refractivity contribution in [2.24, 2.45) is 0 Å². The molecule has 1 atom stereocenters. The summed E-state index contributed by atoms with van der Waals surface area (Å²) in [6, 6.07) is 6.65. The summed E-state index contributed by atoms with van der Waals surface area (Å²) in [6.45, 7) is 2.39. The number of hydrogen-bond acceptors (Lipinski definition) is 4. The number of amides is 1. The Morgan fingerprint density at radius 1 is 1.33 bits per heavy atom. The van der Waals surface area contributed by atoms with Crippen molar-refractivity contribution in [1.29, 1.82) is 0 Å². The summed E-state index contributed by atoms with van der Waals surface area (Å²) in [4.78, 5) is 16.6. The first-order valence-corrected chi connectivity index (χ1v) is 9.76. The summed E-state index contributed by atoms with van der Waals surface area (Å²) in [5, 5.41) is 9.60. The second kappa shape index (κ2) is 7.07. The maximum atomic E-state index is 12.8. The van der Waals surface area contributed by atoms with E-state index in [9.17, 15) is 4.79 Å². The third-order valence-corrected chi connectivity index (χ3v) is 6.15. The minimum atomic E-state index is -0.201. The third kappa shape index (κ3) is 3.26. The molecular weight excluding hydrogens is 320 g/mol. The minimum Gasteiger partial charge on any atom is -0.354 e. The Hall–Kier alpha value is -1.66. The van der Waals surface area contributed by atoms with Crippen molar-refractivity contribution in [3.63, 3.8) is 0 Å². The molecule has 4 rings (SSSR count). The van der Waals surface area contributed by atoms with Crippen LogP contribution in [0.5, 0.6) is 0 Å². The van der Waals surface area contributed by atoms with Crippen molar-refractivity contribution < 1.29 is 4.79 Å². The highest BCUT2D eigenvalue weighted by atomic mass is 32.1. The van der Waals surface area contributed by atoms with Gasteiger partial charge in [0.15, 0.2) is 0 Å². The molecule has 1 N–H and O–H groups in total. The second-order valence-electron chi connectivity index (χ2n) is 6.77. The number of rotatable bonds is 5. The molecular formula is C18H24N4OS. The number of carbonyl (C=O) groups excluding carboxylic acids is 1. The normalized spacial score (nSPS) is 21.8. The van der Waals surface area contributed by atoms with Crippen molar-refractivity contribution in [1.82, 2.24) is 20.0 Å². The lowest BCUT2D eigenvalue weighted by Crippen LogP contribution is -2.48. The van der Waals surface area contributed by atoms with Gasteiger partial charge in [-0.1, -0.05) is 18.9 Å². The highest BCUT2D eigenvalue weighted by Gasteiger charge is 2.34. The summed E-state index contributed by atoms with van der Waals surface area (Å²) in [6.07, 6.45) is 7.88. The van der Waals surface area contributed by atoms with Gasteiger partial charge >= 0.3 is 0 Å². The zero-order valence-electron chi connectivity index (χ0n) is 13.9. The number of nitrogens with zero attached hydrogens (tertiary/aromatic N) is 3. The molecule has 1 saturated carbocycles. The maximum Gasteiger partial charge on any atom is 0.246 e. The Bertz CT molecular complexity index is 675. The molecule has 0 bridgehead atoms. The smallest absolute Gasteiger partial charge is 0.246 e. The van der Waals surface area contributed by atoms with Crippen LogP contribution in [0.1, 0.15) is 42.3 Å². The van der Waals surface area contributed by atoms with Crippen LogP contribution in [-0.2, 0) is 17.8 Å². The van der Waals surface area contributed by atoms with Crippen LogP contribution in [0.15, 0.2) is 29.8 Å². The Morgan fingerprint density at radius 2 is 2.21 bits per heavy atom. The molecule has 1 unspecified atom stereocenters. The predicted molar refractivity (Wildman–Crippen MR) is 95.0 cm³/mol. The van der Waals surface area contributed by atoms with Crippen LogP contribution in [0.3, 0.4) is 0 Å². The highest BCUT2D eigenvalue weighted by Crippen LogP contribution is 2.29. The van der Waals surface area contributed by atoms with Crippen LogP contribution in [0.25, 0.3) is 0 Å². The SMILES string of the molecule is O=C(NCCc1cccs1)C1CN(C2CCCC2)Cc2ccnn21. The van der Waals surface area contributed by atoms with Crippen LogP contribution < -0.4 is 5.32 Å². The number of nitrogens with one attached hydrogen (secondary N) is 1. The number of carbonyl (C=O) groups is 1. The first-order chi connectivity index (χ1) is 11.8. The average Bonchev–Trinajstić information content (AvgIpc) is 3.34. The third-order valence-electron chi connectivity index (χ3n) is 5.21. The van der Waals surface area contributed by atoms with Crippen molar-refractivity contribution in [2.75, 3.05) is 13.1 Å². The van der Waals surface area contributed by atoms with E-state index in [1.54, 1.807) is 11.3 Å². The molecule has 1 amide bonds. The van der Waals surface area contributed by atoms with Gasteiger partial charge in [0.05, 0.1) is 5.69 Å². The van der Waals surface area contributed by atoms with E-state index in [1.165, 1.54) is 30.6 Å². The van der Waals surface area contributed by atoms with E-state index < -0.39 is 0 Å². The van der Waals surface area contributed by atoms with Gasteiger partial charge in [0, 0.05) is 36.8 Å². The summed E-state index contributed by atoms with van der Waals surface area (Å²) in [7, 11) is 0. The molecule has 1 fully saturated rings. The van der Waals surface area contributed by atoms with Crippen LogP contribution in [0.4, 0.5) is 0 Å². The van der Waals surface area contributed by atoms with E-state index in [0.29, 0.717) is 12.6 Å². The van der Waals surface area contributed by atoms with Crippen LogP contribution in [0.2, 0.25) is 0 Å². The number of hydrogen-bond donors (Lipinski definition) is 1. The molecule has 1 aliphatic heterocycles. The van der Waals surface area contributed by atoms with E-state index in [-0.39, 0.29) is 11.9 Å². The van der Waals surface area contributed by atoms with Crippen molar-refractivity contribution >= 4 is 17.2 Å². The Balaban J connectivity index is 1.41. The zero-order valence-corrected chi connectivity index (χ0v) is 14.7. The topological polar surface area (TPSA) is 50.2 Å². The van der Waals surface area contributed by atoms with Gasteiger partial charge in [0.25, 0.3) is 0 Å². The summed E-state index contributed by atoms with van der Waals surface area (Å²) < 4.78 is 1.92. The van der Waals surface area contributed by atoms with Gasteiger partial charge in [-0.25, -0.2) is 0 Å². The molecule has 24 heavy (non-hydrogen) atoms. The van der Waals surface area contributed by atoms with Gasteiger partial charge in [-0.15, -0.1) is 11.3 Å². The fourth-order valence-corrected chi connectivity index (χ4v) is 4.65. The predicted octanol–water partition coefficient (Wildman–Crippen LogP) is 2.60. The lowest BCUT2D eigenvalue weighted by atomic mass is 10.1. The number of fused-ring (bicyclic) bond motifs is 1. The van der Waals surface area contributed by atoms with Gasteiger partial charge < -0.3 is 5.32 Å². The molecule has 2 aromatic heterocycles. The lowest BCUT2D eigenvalue weighted by Gasteiger charge is -2.36. The Kier molecular flexibility index (Phi) is 4.67. The van der Waals surface area contributed by atoms with Crippen molar-refractivity contribution in [2.45, 2.75) is 50.7 Å². The lowest BCUT2D eigenvalue weighted by molar-refractivity contribution is -0.126. The number of thiophene rings is 1. The molecule has 0 aromatic carbocycles. The standard InChI is InChI=1S/C18H24N4OS/c23-18(19-9-8-16-6-3-11-24-16)17-13-21(14-4-1-2-5-14)12-15-7-10-20-22(15)17/h3,6-7,10-11,14,17H,1-2,4-5,8-9,12-13H2,(H,19,23). The van der Waals surface area contributed by atoms with E-state index in [0.717, 1.165) is 25.2 Å². The van der Waals surface area contributed by atoms with Gasteiger partial charge in [-0.3, -0.25) is 14.4 Å². The van der Waals surface area contributed by atoms with E-state index >= 15 is 0 Å². The summed E-state index contributed by atoms with van der Waals surface area (Å²) >= 11 is 1.74. The fourth-order valence-electron chi connectivity index (χ4n) is 3.94. The van der Waals surface area contributed by atoms with Gasteiger partial charge in [-0.2, -0.15) is 5.10 Å². The molecule has 128 valence electrons. The number of aromatic nitrogens is 2. The van der Waals surface area contributed by atoms with Gasteiger partial charge in [0.2, 0.25) is 5.91 Å². The first kappa shape index (κ1) is 15.8. The van der Waals surface area contributed by atoms with Crippen LogP contribution in [0, 0.1) is 0 Å². The van der Waals surface area contributed by atoms with E-state index in [2.05, 4.69) is 32.8 Å². The van der Waals surface area contributed by atoms with E-state index in [1.807, 2.05) is 16.9 Å². The molecule has 6 heteroatoms. The van der Waals surface area contributed by atoms with Gasteiger partial charge in [-0.05, 0) is 36.8 Å². The maximum absolute atomic E-state index is 12.8. The Labute approximate surface area is 146 Å². The molecule has 3 heterocycles. The summed E-state index contributed by atoms with van der Waals surface area (Å²) in [5.41, 5.74) is 1.16. The molecule has 0 spiro atoms. The Morgan fingerprint density at radius 3 is 3.00 bits per heavy atom. The minimum absolute atomic E-state index is 0.0965. The van der Waals surface area contributed by atoms with Crippen LogP contribution in [-0.4, -0.2) is 39.7 Å². The fraction of sp³-hybridized carbons (Fsp3) is 0.556.